The molecule has 0 bridgehead atoms. The van der Waals surface area contributed by atoms with Gasteiger partial charge in [-0.1, -0.05) is 31.1 Å². The maximum Gasteiger partial charge on any atom is 0.174 e. The number of carbonyl (C=O) groups is 1. The SMILES string of the molecule is Cn1nnc(CCCC2=C[C@H]3C(=CC[C@@H]4[C@@H]3CC[C@]3(C)CCC[C@@H]43)CC2=O)n1. The average molecular weight is 381 g/mol. The van der Waals surface area contributed by atoms with E-state index in [-0.39, 0.29) is 0 Å². The summed E-state index contributed by atoms with van der Waals surface area (Å²) in [6.45, 7) is 2.55. The molecule has 0 radical (unpaired) electrons. The van der Waals surface area contributed by atoms with Gasteiger partial charge in [0.25, 0.3) is 0 Å². The van der Waals surface area contributed by atoms with Crippen LogP contribution >= 0.6 is 0 Å². The highest BCUT2D eigenvalue weighted by atomic mass is 16.1. The van der Waals surface area contributed by atoms with Crippen molar-refractivity contribution in [1.29, 1.82) is 0 Å². The summed E-state index contributed by atoms with van der Waals surface area (Å²) < 4.78 is 0. The minimum absolute atomic E-state index is 0.342. The lowest BCUT2D eigenvalue weighted by Gasteiger charge is -2.51. The molecule has 0 aromatic carbocycles. The molecule has 2 saturated carbocycles. The first-order chi connectivity index (χ1) is 13.5. The Morgan fingerprint density at radius 3 is 2.93 bits per heavy atom. The zero-order valence-corrected chi connectivity index (χ0v) is 17.2. The van der Waals surface area contributed by atoms with Crippen LogP contribution in [0, 0.1) is 29.1 Å². The van der Waals surface area contributed by atoms with Crippen LogP contribution < -0.4 is 0 Å². The summed E-state index contributed by atoms with van der Waals surface area (Å²) in [4.78, 5) is 14.2. The Kier molecular flexibility index (Phi) is 4.52. The lowest BCUT2D eigenvalue weighted by Crippen LogP contribution is -2.43. The Balaban J connectivity index is 1.31. The second kappa shape index (κ2) is 6.93. The predicted molar refractivity (Wildman–Crippen MR) is 107 cm³/mol. The number of Topliss-reactive ketones (excluding diaryl/α,β-unsaturated/α-hetero) is 1. The monoisotopic (exact) mass is 380 g/mol. The molecule has 5 heteroatoms. The third-order valence-corrected chi connectivity index (χ3v) is 8.32. The van der Waals surface area contributed by atoms with Crippen LogP contribution in [0.3, 0.4) is 0 Å². The largest absolute Gasteiger partial charge is 0.294 e. The van der Waals surface area contributed by atoms with Crippen molar-refractivity contribution in [1.82, 2.24) is 20.2 Å². The molecule has 28 heavy (non-hydrogen) atoms. The maximum atomic E-state index is 12.7. The molecule has 4 aliphatic rings. The topological polar surface area (TPSA) is 60.7 Å². The minimum Gasteiger partial charge on any atom is -0.294 e. The smallest absolute Gasteiger partial charge is 0.174 e. The molecule has 0 unspecified atom stereocenters. The fraction of sp³-hybridized carbons (Fsp3) is 0.739. The lowest BCUT2D eigenvalue weighted by atomic mass is 9.53. The van der Waals surface area contributed by atoms with Crippen LogP contribution in [0.2, 0.25) is 0 Å². The number of allylic oxidation sites excluding steroid dienone is 4. The number of aromatic nitrogens is 4. The fourth-order valence-corrected chi connectivity index (χ4v) is 6.91. The molecule has 0 N–H and O–H groups in total. The number of tetrazole rings is 1. The Labute approximate surface area is 167 Å². The molecule has 1 aromatic rings. The van der Waals surface area contributed by atoms with Gasteiger partial charge < -0.3 is 0 Å². The van der Waals surface area contributed by atoms with Crippen molar-refractivity contribution in [3.63, 3.8) is 0 Å². The first-order valence-corrected chi connectivity index (χ1v) is 11.2. The van der Waals surface area contributed by atoms with E-state index in [1.165, 1.54) is 48.9 Å². The third-order valence-electron chi connectivity index (χ3n) is 8.32. The maximum absolute atomic E-state index is 12.7. The molecule has 4 aliphatic carbocycles. The van der Waals surface area contributed by atoms with E-state index in [1.54, 1.807) is 7.05 Å². The van der Waals surface area contributed by atoms with Crippen molar-refractivity contribution in [3.05, 3.63) is 29.1 Å². The van der Waals surface area contributed by atoms with Crippen molar-refractivity contribution in [2.45, 2.75) is 71.1 Å². The van der Waals surface area contributed by atoms with Crippen molar-refractivity contribution in [3.8, 4) is 0 Å². The Hall–Kier alpha value is -1.78. The van der Waals surface area contributed by atoms with Crippen molar-refractivity contribution in [2.75, 3.05) is 0 Å². The molecular weight excluding hydrogens is 348 g/mol. The molecule has 0 amide bonds. The van der Waals surface area contributed by atoms with Gasteiger partial charge in [0.1, 0.15) is 0 Å². The number of fused-ring (bicyclic) bond motifs is 5. The quantitative estimate of drug-likeness (QED) is 0.734. The Bertz CT molecular complexity index is 837. The fourth-order valence-electron chi connectivity index (χ4n) is 6.91. The lowest BCUT2D eigenvalue weighted by molar-refractivity contribution is -0.115. The zero-order chi connectivity index (χ0) is 19.3. The van der Waals surface area contributed by atoms with E-state index in [9.17, 15) is 4.79 Å². The van der Waals surface area contributed by atoms with E-state index in [1.807, 2.05) is 0 Å². The molecule has 0 saturated heterocycles. The number of hydrogen-bond donors (Lipinski definition) is 0. The molecule has 1 heterocycles. The normalized spacial score (nSPS) is 37.0. The van der Waals surface area contributed by atoms with Gasteiger partial charge in [-0.15, -0.1) is 10.2 Å². The van der Waals surface area contributed by atoms with Gasteiger partial charge in [-0.3, -0.25) is 4.79 Å². The molecule has 1 aromatic heterocycles. The molecule has 0 aliphatic heterocycles. The summed E-state index contributed by atoms with van der Waals surface area (Å²) in [5.74, 6) is 4.14. The van der Waals surface area contributed by atoms with Crippen molar-refractivity contribution >= 4 is 5.78 Å². The van der Waals surface area contributed by atoms with Gasteiger partial charge in [-0.05, 0) is 78.9 Å². The van der Waals surface area contributed by atoms with E-state index >= 15 is 0 Å². The van der Waals surface area contributed by atoms with Gasteiger partial charge in [0.2, 0.25) is 0 Å². The zero-order valence-electron chi connectivity index (χ0n) is 17.2. The summed E-state index contributed by atoms with van der Waals surface area (Å²) >= 11 is 0. The summed E-state index contributed by atoms with van der Waals surface area (Å²) in [5.41, 5.74) is 3.08. The van der Waals surface area contributed by atoms with Gasteiger partial charge in [0.05, 0.1) is 7.05 Å². The number of carbonyl (C=O) groups excluding carboxylic acids is 1. The predicted octanol–water partition coefficient (Wildman–Crippen LogP) is 4.21. The van der Waals surface area contributed by atoms with Gasteiger partial charge in [0.15, 0.2) is 11.6 Å². The number of ketones is 1. The average Bonchev–Trinajstić information content (AvgIpc) is 3.27. The van der Waals surface area contributed by atoms with Gasteiger partial charge >= 0.3 is 0 Å². The molecule has 2 fully saturated rings. The van der Waals surface area contributed by atoms with E-state index in [0.717, 1.165) is 48.4 Å². The van der Waals surface area contributed by atoms with E-state index in [2.05, 4.69) is 34.5 Å². The van der Waals surface area contributed by atoms with Crippen molar-refractivity contribution < 1.29 is 4.79 Å². The Morgan fingerprint density at radius 1 is 1.21 bits per heavy atom. The van der Waals surface area contributed by atoms with Crippen LogP contribution in [0.15, 0.2) is 23.3 Å². The van der Waals surface area contributed by atoms with Crippen LogP contribution in [0.25, 0.3) is 0 Å². The Morgan fingerprint density at radius 2 is 2.11 bits per heavy atom. The molecular formula is C23H32N4O. The second-order valence-corrected chi connectivity index (χ2v) is 9.90. The van der Waals surface area contributed by atoms with Crippen LogP contribution in [0.5, 0.6) is 0 Å². The summed E-state index contributed by atoms with van der Waals surface area (Å²) in [6, 6.07) is 0. The first-order valence-electron chi connectivity index (χ1n) is 11.2. The van der Waals surface area contributed by atoms with E-state index in [4.69, 9.17) is 0 Å². The van der Waals surface area contributed by atoms with E-state index in [0.29, 0.717) is 23.5 Å². The third kappa shape index (κ3) is 3.07. The van der Waals surface area contributed by atoms with Crippen LogP contribution in [0.4, 0.5) is 0 Å². The highest BCUT2D eigenvalue weighted by Crippen LogP contribution is 2.60. The number of nitrogens with zero attached hydrogens (tertiary/aromatic N) is 4. The number of hydrogen-bond acceptors (Lipinski definition) is 4. The number of rotatable bonds is 4. The highest BCUT2D eigenvalue weighted by Gasteiger charge is 2.51. The van der Waals surface area contributed by atoms with Gasteiger partial charge in [0, 0.05) is 18.8 Å². The summed E-state index contributed by atoms with van der Waals surface area (Å²) in [7, 11) is 1.79. The number of aryl methyl sites for hydroxylation is 2. The van der Waals surface area contributed by atoms with Crippen molar-refractivity contribution in [2.24, 2.45) is 36.1 Å². The standard InChI is InChI=1S/C23H32N4O/c1-23-11-4-6-20(23)18-9-8-15-14-21(28)16(13-19(15)17(18)10-12-23)5-3-7-22-24-26-27(2)25-22/h8,13,17-20H,3-7,9-12,14H2,1-2H3/t17-,18+,19-,20-,23-/m0/s1. The van der Waals surface area contributed by atoms with Crippen LogP contribution in [0.1, 0.15) is 70.5 Å². The van der Waals surface area contributed by atoms with Crippen LogP contribution in [-0.2, 0) is 18.3 Å². The van der Waals surface area contributed by atoms with Crippen LogP contribution in [-0.4, -0.2) is 26.0 Å². The molecule has 150 valence electrons. The highest BCUT2D eigenvalue weighted by molar-refractivity contribution is 5.98. The molecule has 5 rings (SSSR count). The van der Waals surface area contributed by atoms with Gasteiger partial charge in [-0.2, -0.15) is 4.80 Å². The van der Waals surface area contributed by atoms with Gasteiger partial charge in [-0.25, -0.2) is 0 Å². The molecule has 0 spiro atoms. The summed E-state index contributed by atoms with van der Waals surface area (Å²) in [6.07, 6.45) is 16.3. The van der Waals surface area contributed by atoms with E-state index < -0.39 is 0 Å². The minimum atomic E-state index is 0.342. The summed E-state index contributed by atoms with van der Waals surface area (Å²) in [5, 5.41) is 12.2. The second-order valence-electron chi connectivity index (χ2n) is 9.90. The molecule has 5 nitrogen and oxygen atoms in total. The molecule has 5 atom stereocenters. The first kappa shape index (κ1) is 18.3.